The van der Waals surface area contributed by atoms with Crippen molar-refractivity contribution in [3.05, 3.63) is 16.0 Å². The maximum absolute atomic E-state index is 12.6. The van der Waals surface area contributed by atoms with Gasteiger partial charge in [-0.3, -0.25) is 0 Å². The Morgan fingerprint density at radius 1 is 1.07 bits per heavy atom. The quantitative estimate of drug-likeness (QED) is 0.408. The van der Waals surface area contributed by atoms with Crippen LogP contribution in [0.1, 0.15) is 78.6 Å². The summed E-state index contributed by atoms with van der Waals surface area (Å²) in [6, 6.07) is 0. The van der Waals surface area contributed by atoms with Crippen molar-refractivity contribution in [2.24, 2.45) is 17.8 Å². The number of fused-ring (bicyclic) bond motifs is 1. The van der Waals surface area contributed by atoms with Crippen LogP contribution in [0.3, 0.4) is 0 Å². The van der Waals surface area contributed by atoms with Crippen LogP contribution in [0.5, 0.6) is 0 Å². The largest absolute Gasteiger partial charge is 0.465 e. The van der Waals surface area contributed by atoms with Gasteiger partial charge in [0.25, 0.3) is 0 Å². The van der Waals surface area contributed by atoms with E-state index in [0.717, 1.165) is 47.6 Å². The molecule has 6 heteroatoms. The second-order valence-electron chi connectivity index (χ2n) is 9.54. The first-order chi connectivity index (χ1) is 13.5. The third-order valence-corrected chi connectivity index (χ3v) is 8.87. The number of ether oxygens (including phenoxy) is 1. The molecule has 4 bridgehead atoms. The van der Waals surface area contributed by atoms with Crippen LogP contribution in [0.25, 0.3) is 0 Å². The number of esters is 1. The minimum atomic E-state index is -0.237. The van der Waals surface area contributed by atoms with Crippen LogP contribution in [0.2, 0.25) is 0 Å². The van der Waals surface area contributed by atoms with Crippen LogP contribution in [-0.4, -0.2) is 23.7 Å². The zero-order valence-corrected chi connectivity index (χ0v) is 18.3. The van der Waals surface area contributed by atoms with E-state index in [1.54, 1.807) is 11.3 Å². The van der Waals surface area contributed by atoms with E-state index < -0.39 is 0 Å². The summed E-state index contributed by atoms with van der Waals surface area (Å²) in [5.41, 5.74) is 2.09. The van der Waals surface area contributed by atoms with Crippen molar-refractivity contribution in [1.29, 1.82) is 0 Å². The number of hydrogen-bond acceptors (Lipinski definition) is 4. The highest BCUT2D eigenvalue weighted by Crippen LogP contribution is 2.55. The Morgan fingerprint density at radius 2 is 1.71 bits per heavy atom. The van der Waals surface area contributed by atoms with Gasteiger partial charge >= 0.3 is 5.97 Å². The molecule has 1 aromatic rings. The van der Waals surface area contributed by atoms with E-state index in [4.69, 9.17) is 17.0 Å². The Morgan fingerprint density at radius 3 is 2.36 bits per heavy atom. The van der Waals surface area contributed by atoms with Gasteiger partial charge in [-0.2, -0.15) is 0 Å². The van der Waals surface area contributed by atoms with E-state index in [9.17, 15) is 4.79 Å². The van der Waals surface area contributed by atoms with Crippen molar-refractivity contribution in [2.75, 3.05) is 12.4 Å². The van der Waals surface area contributed by atoms with E-state index in [2.05, 4.69) is 10.6 Å². The summed E-state index contributed by atoms with van der Waals surface area (Å²) in [5, 5.41) is 8.70. The Labute approximate surface area is 176 Å². The number of rotatable bonds is 3. The molecule has 28 heavy (non-hydrogen) atoms. The van der Waals surface area contributed by atoms with E-state index in [-0.39, 0.29) is 11.5 Å². The first kappa shape index (κ1) is 18.9. The van der Waals surface area contributed by atoms with E-state index in [0.29, 0.717) is 5.11 Å². The Hall–Kier alpha value is -1.14. The van der Waals surface area contributed by atoms with E-state index in [1.807, 2.05) is 0 Å². The van der Waals surface area contributed by atoms with Crippen LogP contribution in [0.4, 0.5) is 5.00 Å². The van der Waals surface area contributed by atoms with Crippen molar-refractivity contribution in [1.82, 2.24) is 5.32 Å². The zero-order valence-electron chi connectivity index (χ0n) is 16.6. The summed E-state index contributed by atoms with van der Waals surface area (Å²) in [4.78, 5) is 13.9. The topological polar surface area (TPSA) is 50.4 Å². The van der Waals surface area contributed by atoms with Crippen molar-refractivity contribution in [3.63, 3.8) is 0 Å². The third kappa shape index (κ3) is 3.36. The molecule has 0 radical (unpaired) electrons. The molecule has 0 amide bonds. The molecule has 4 nitrogen and oxygen atoms in total. The minimum absolute atomic E-state index is 0.179. The average Bonchev–Trinajstić information content (AvgIpc) is 2.80. The number of methoxy groups -OCH3 is 1. The summed E-state index contributed by atoms with van der Waals surface area (Å²) in [7, 11) is 1.47. The normalized spacial score (nSPS) is 33.1. The predicted molar refractivity (Wildman–Crippen MR) is 117 cm³/mol. The Kier molecular flexibility index (Phi) is 4.90. The highest BCUT2D eigenvalue weighted by atomic mass is 32.1. The minimum Gasteiger partial charge on any atom is -0.465 e. The van der Waals surface area contributed by atoms with E-state index >= 15 is 0 Å². The van der Waals surface area contributed by atoms with Crippen LogP contribution < -0.4 is 10.6 Å². The van der Waals surface area contributed by atoms with E-state index in [1.165, 1.54) is 68.9 Å². The maximum Gasteiger partial charge on any atom is 0.341 e. The molecule has 0 spiro atoms. The molecule has 4 fully saturated rings. The number of carbonyl (C=O) groups is 1. The molecular formula is C22H30N2O2S2. The maximum atomic E-state index is 12.6. The van der Waals surface area contributed by atoms with Crippen LogP contribution in [-0.2, 0) is 17.6 Å². The fourth-order valence-electron chi connectivity index (χ4n) is 6.79. The third-order valence-electron chi connectivity index (χ3n) is 7.45. The highest BCUT2D eigenvalue weighted by molar-refractivity contribution is 7.80. The molecule has 5 aliphatic carbocycles. The van der Waals surface area contributed by atoms with Gasteiger partial charge in [-0.1, -0.05) is 6.42 Å². The number of thiocarbonyl (C=S) groups is 1. The van der Waals surface area contributed by atoms with Crippen LogP contribution >= 0.6 is 23.6 Å². The van der Waals surface area contributed by atoms with Crippen molar-refractivity contribution >= 4 is 39.6 Å². The lowest BCUT2D eigenvalue weighted by Crippen LogP contribution is -2.60. The Balaban J connectivity index is 1.36. The van der Waals surface area contributed by atoms with Gasteiger partial charge in [0, 0.05) is 10.4 Å². The summed E-state index contributed by atoms with van der Waals surface area (Å²) in [5.74, 6) is 2.40. The number of thiophene rings is 1. The summed E-state index contributed by atoms with van der Waals surface area (Å²) in [6.07, 6.45) is 13.6. The molecule has 6 rings (SSSR count). The molecule has 1 heterocycles. The second-order valence-corrected chi connectivity index (χ2v) is 11.1. The lowest BCUT2D eigenvalue weighted by atomic mass is 9.53. The predicted octanol–water partition coefficient (Wildman–Crippen LogP) is 5.06. The summed E-state index contributed by atoms with van der Waals surface area (Å²) >= 11 is 7.45. The summed E-state index contributed by atoms with van der Waals surface area (Å²) in [6.45, 7) is 0. The molecular weight excluding hydrogens is 388 g/mol. The average molecular weight is 419 g/mol. The first-order valence-corrected chi connectivity index (χ1v) is 12.1. The van der Waals surface area contributed by atoms with Gasteiger partial charge in [0.2, 0.25) is 0 Å². The number of anilines is 1. The van der Waals surface area contributed by atoms with Crippen LogP contribution in [0.15, 0.2) is 0 Å². The van der Waals surface area contributed by atoms with Crippen molar-refractivity contribution in [3.8, 4) is 0 Å². The monoisotopic (exact) mass is 418 g/mol. The second kappa shape index (κ2) is 7.28. The fraction of sp³-hybridized carbons (Fsp3) is 0.727. The molecule has 1 aromatic heterocycles. The molecule has 0 unspecified atom stereocenters. The molecule has 5 aliphatic rings. The zero-order chi connectivity index (χ0) is 19.3. The lowest BCUT2D eigenvalue weighted by Gasteiger charge is -2.57. The van der Waals surface area contributed by atoms with Gasteiger partial charge in [0.15, 0.2) is 5.11 Å². The van der Waals surface area contributed by atoms with Gasteiger partial charge in [-0.05, 0) is 99.7 Å². The molecule has 0 aliphatic heterocycles. The number of nitrogens with one attached hydrogen (secondary N) is 2. The molecule has 2 N–H and O–H groups in total. The van der Waals surface area contributed by atoms with Crippen molar-refractivity contribution < 1.29 is 9.53 Å². The summed E-state index contributed by atoms with van der Waals surface area (Å²) < 4.78 is 5.12. The Bertz CT molecular complexity index is 765. The standard InChI is InChI=1S/C22H30N2O2S2/c1-26-20(25)18-16-5-3-2-4-6-17(16)28-19(18)23-21(27)24-22-10-13-7-14(11-22)9-15(8-13)12-22/h13-15H,2-12H2,1H3,(H2,23,24,27). The molecule has 4 saturated carbocycles. The first-order valence-electron chi connectivity index (χ1n) is 10.9. The smallest absolute Gasteiger partial charge is 0.341 e. The number of carbonyl (C=O) groups excluding carboxylic acids is 1. The SMILES string of the molecule is COC(=O)c1c(NC(=S)NC23CC4CC(CC(C4)C2)C3)sc2c1CCCCC2. The van der Waals surface area contributed by atoms with Gasteiger partial charge in [-0.15, -0.1) is 11.3 Å². The number of hydrogen-bond donors (Lipinski definition) is 2. The fourth-order valence-corrected chi connectivity index (χ4v) is 8.45. The molecule has 0 saturated heterocycles. The van der Waals surface area contributed by atoms with Gasteiger partial charge in [0.1, 0.15) is 5.00 Å². The van der Waals surface area contributed by atoms with Gasteiger partial charge in [0.05, 0.1) is 12.7 Å². The van der Waals surface area contributed by atoms with Gasteiger partial charge in [-0.25, -0.2) is 4.79 Å². The highest BCUT2D eigenvalue weighted by Gasteiger charge is 2.51. The lowest BCUT2D eigenvalue weighted by molar-refractivity contribution is -0.00972. The van der Waals surface area contributed by atoms with Crippen molar-refractivity contribution in [2.45, 2.75) is 76.2 Å². The number of aryl methyl sites for hydroxylation is 1. The molecule has 0 atom stereocenters. The van der Waals surface area contributed by atoms with Crippen LogP contribution in [0, 0.1) is 17.8 Å². The van der Waals surface area contributed by atoms with Gasteiger partial charge < -0.3 is 15.4 Å². The molecule has 152 valence electrons. The molecule has 0 aromatic carbocycles.